The third kappa shape index (κ3) is 5.09. The molecule has 0 atom stereocenters. The first-order valence-electron chi connectivity index (χ1n) is 23.2. The van der Waals surface area contributed by atoms with Crippen molar-refractivity contribution in [2.75, 3.05) is 0 Å². The first-order chi connectivity index (χ1) is 31.4. The van der Waals surface area contributed by atoms with Crippen LogP contribution in [0.25, 0.3) is 104 Å². The van der Waals surface area contributed by atoms with Gasteiger partial charge in [0.1, 0.15) is 0 Å². The molecule has 0 aliphatic carbocycles. The Morgan fingerprint density at radius 2 is 0.836 bits per heavy atom. The number of fused-ring (bicyclic) bond motifs is 7. The van der Waals surface area contributed by atoms with Crippen LogP contribution in [0.4, 0.5) is 0 Å². The summed E-state index contributed by atoms with van der Waals surface area (Å²) < 4.78 is 88.9. The normalized spacial score (nSPS) is 14.2. The lowest BCUT2D eigenvalue weighted by atomic mass is 9.84. The molecule has 10 aromatic carbocycles. The number of nitrogens with zero attached hydrogens (tertiary/aromatic N) is 1. The Labute approximate surface area is 334 Å². The fraction of sp³-hybridized carbons (Fsp3) is 0. The van der Waals surface area contributed by atoms with Crippen LogP contribution in [0, 0.1) is 0 Å². The lowest BCUT2D eigenvalue weighted by molar-refractivity contribution is 1.18. The quantitative estimate of drug-likeness (QED) is 0.157. The molecule has 11 rings (SSSR count). The second-order valence-electron chi connectivity index (χ2n) is 13.7. The van der Waals surface area contributed by atoms with E-state index in [2.05, 4.69) is 83.4 Å². The fourth-order valence-electron chi connectivity index (χ4n) is 8.40. The van der Waals surface area contributed by atoms with Gasteiger partial charge in [-0.2, -0.15) is 0 Å². The summed E-state index contributed by atoms with van der Waals surface area (Å²) in [6, 6.07) is 46.3. The lowest BCUT2D eigenvalue weighted by Gasteiger charge is -2.19. The van der Waals surface area contributed by atoms with Crippen LogP contribution in [-0.2, 0) is 0 Å². The number of rotatable bonds is 5. The Morgan fingerprint density at radius 1 is 0.327 bits per heavy atom. The van der Waals surface area contributed by atoms with Gasteiger partial charge in [-0.15, -0.1) is 0 Å². The highest BCUT2D eigenvalue weighted by Crippen LogP contribution is 2.47. The van der Waals surface area contributed by atoms with Crippen molar-refractivity contribution in [3.8, 4) is 50.2 Å². The Kier molecular flexibility index (Phi) is 5.27. The summed E-state index contributed by atoms with van der Waals surface area (Å²) in [4.78, 5) is 0. The minimum absolute atomic E-state index is 0.0633. The van der Waals surface area contributed by atoms with Gasteiger partial charge in [-0.05, 0) is 119 Å². The Balaban J connectivity index is 1.24. The summed E-state index contributed by atoms with van der Waals surface area (Å²) in [7, 11) is 0. The number of aromatic nitrogens is 1. The van der Waals surface area contributed by atoms with Crippen molar-refractivity contribution in [1.82, 2.24) is 4.57 Å². The molecule has 11 aromatic rings. The predicted molar refractivity (Wildman–Crippen MR) is 235 cm³/mol. The highest BCUT2D eigenvalue weighted by atomic mass is 15.0. The third-order valence-corrected chi connectivity index (χ3v) is 10.7. The van der Waals surface area contributed by atoms with E-state index < -0.39 is 60.4 Å². The van der Waals surface area contributed by atoms with E-state index in [4.69, 9.17) is 13.7 Å². The minimum Gasteiger partial charge on any atom is -0.309 e. The van der Waals surface area contributed by atoms with Gasteiger partial charge < -0.3 is 4.57 Å². The summed E-state index contributed by atoms with van der Waals surface area (Å²) in [6.07, 6.45) is 0. The van der Waals surface area contributed by atoms with Gasteiger partial charge in [0, 0.05) is 16.5 Å². The maximum absolute atomic E-state index is 8.96. The van der Waals surface area contributed by atoms with Crippen LogP contribution in [0.5, 0.6) is 0 Å². The first-order valence-corrected chi connectivity index (χ1v) is 18.2. The zero-order valence-corrected chi connectivity index (χ0v) is 29.4. The van der Waals surface area contributed by atoms with Gasteiger partial charge in [0.25, 0.3) is 0 Å². The Bertz CT molecular complexity index is 3640. The lowest BCUT2D eigenvalue weighted by Crippen LogP contribution is -1.94. The monoisotopic (exact) mass is 707 g/mol. The number of para-hydroxylation sites is 1. The molecular weight excluding hydrogens is 663 g/mol. The number of benzene rings is 10. The van der Waals surface area contributed by atoms with Gasteiger partial charge in [-0.25, -0.2) is 0 Å². The molecular formula is C54H35N. The minimum atomic E-state index is -0.533. The summed E-state index contributed by atoms with van der Waals surface area (Å²) in [5, 5.41) is 8.23. The van der Waals surface area contributed by atoms with Gasteiger partial charge >= 0.3 is 0 Å². The fourth-order valence-corrected chi connectivity index (χ4v) is 8.40. The van der Waals surface area contributed by atoms with E-state index in [0.29, 0.717) is 5.56 Å². The number of hydrogen-bond acceptors (Lipinski definition) is 0. The standard InChI is InChI=1S/C54H35N/c1-4-16-36(17-5-1)40-32-41(37-18-6-2-7-19-37)34-42(33-40)53-47-26-14-12-24-45(47)52(46-25-13-15-27-48(46)53)39-28-30-49-51(35-39)55(43-21-8-3-9-22-43)50-31-29-38-20-10-11-23-44(38)54(49)50/h1-35H/i1D,2D,4D,5D,6D,7D,16D,17D,18D,19D. The molecule has 256 valence electrons. The molecule has 0 spiro atoms. The molecule has 0 saturated carbocycles. The van der Waals surface area contributed by atoms with Crippen LogP contribution in [0.15, 0.2) is 212 Å². The van der Waals surface area contributed by atoms with Crippen LogP contribution >= 0.6 is 0 Å². The molecule has 0 amide bonds. The molecule has 55 heavy (non-hydrogen) atoms. The molecule has 0 bridgehead atoms. The van der Waals surface area contributed by atoms with Gasteiger partial charge in [-0.3, -0.25) is 0 Å². The molecule has 0 aliphatic heterocycles. The predicted octanol–water partition coefficient (Wildman–Crippen LogP) is 14.9. The summed E-state index contributed by atoms with van der Waals surface area (Å²) in [5.74, 6) is 0. The molecule has 0 radical (unpaired) electrons. The van der Waals surface area contributed by atoms with Crippen LogP contribution in [0.2, 0.25) is 0 Å². The molecule has 0 unspecified atom stereocenters. The molecule has 0 N–H and O–H groups in total. The molecule has 0 fully saturated rings. The molecule has 1 aromatic heterocycles. The van der Waals surface area contributed by atoms with Crippen LogP contribution in [-0.4, -0.2) is 4.57 Å². The van der Waals surface area contributed by atoms with Crippen molar-refractivity contribution in [1.29, 1.82) is 0 Å². The molecule has 0 saturated heterocycles. The summed E-state index contributed by atoms with van der Waals surface area (Å²) in [5.41, 5.74) is 6.88. The highest BCUT2D eigenvalue weighted by molar-refractivity contribution is 6.24. The molecule has 0 aliphatic rings. The van der Waals surface area contributed by atoms with Gasteiger partial charge in [0.15, 0.2) is 0 Å². The Morgan fingerprint density at radius 3 is 1.44 bits per heavy atom. The van der Waals surface area contributed by atoms with E-state index in [0.717, 1.165) is 65.7 Å². The van der Waals surface area contributed by atoms with Crippen LogP contribution < -0.4 is 0 Å². The van der Waals surface area contributed by atoms with Crippen molar-refractivity contribution in [2.45, 2.75) is 0 Å². The van der Waals surface area contributed by atoms with E-state index in [1.165, 1.54) is 10.8 Å². The zero-order valence-electron chi connectivity index (χ0n) is 39.4. The van der Waals surface area contributed by atoms with E-state index in [1.807, 2.05) is 54.6 Å². The third-order valence-electron chi connectivity index (χ3n) is 10.7. The van der Waals surface area contributed by atoms with Crippen molar-refractivity contribution in [3.63, 3.8) is 0 Å². The van der Waals surface area contributed by atoms with E-state index in [9.17, 15) is 0 Å². The van der Waals surface area contributed by atoms with Crippen molar-refractivity contribution < 1.29 is 13.7 Å². The molecule has 1 nitrogen and oxygen atoms in total. The van der Waals surface area contributed by atoms with Gasteiger partial charge in [-0.1, -0.05) is 170 Å². The van der Waals surface area contributed by atoms with Gasteiger partial charge in [0.05, 0.1) is 24.7 Å². The average molecular weight is 708 g/mol. The maximum atomic E-state index is 8.96. The smallest absolute Gasteiger partial charge is 0.0629 e. The van der Waals surface area contributed by atoms with E-state index in [1.54, 1.807) is 18.2 Å². The average Bonchev–Trinajstić information content (AvgIpc) is 3.67. The van der Waals surface area contributed by atoms with E-state index >= 15 is 0 Å². The number of hydrogen-bond donors (Lipinski definition) is 0. The van der Waals surface area contributed by atoms with Crippen LogP contribution in [0.1, 0.15) is 13.7 Å². The summed E-state index contributed by atoms with van der Waals surface area (Å²) in [6.45, 7) is 0. The topological polar surface area (TPSA) is 4.93 Å². The first kappa shape index (κ1) is 22.8. The van der Waals surface area contributed by atoms with Crippen molar-refractivity contribution in [2.24, 2.45) is 0 Å². The van der Waals surface area contributed by atoms with E-state index in [-0.39, 0.29) is 22.3 Å². The van der Waals surface area contributed by atoms with Crippen molar-refractivity contribution in [3.05, 3.63) is 212 Å². The highest BCUT2D eigenvalue weighted by Gasteiger charge is 2.20. The van der Waals surface area contributed by atoms with Crippen molar-refractivity contribution >= 4 is 54.1 Å². The largest absolute Gasteiger partial charge is 0.309 e. The summed E-state index contributed by atoms with van der Waals surface area (Å²) >= 11 is 0. The zero-order chi connectivity index (χ0) is 45.0. The second-order valence-corrected chi connectivity index (χ2v) is 13.7. The second kappa shape index (κ2) is 12.7. The maximum Gasteiger partial charge on any atom is 0.0629 e. The van der Waals surface area contributed by atoms with Gasteiger partial charge in [0.2, 0.25) is 0 Å². The SMILES string of the molecule is [2H]c1c([2H])c([2H])c(-c2cc(-c3c([2H])c([2H])c([2H])c([2H])c3[2H])cc(-c3c4ccccc4c(-c4ccc5c6c7ccccc7ccc6n(-c6ccccc6)c5c4)c4ccccc34)c2)c([2H])c1[2H]. The molecule has 1 heteroatoms. The molecule has 1 heterocycles. The Hall–Kier alpha value is -7.22. The van der Waals surface area contributed by atoms with Crippen LogP contribution in [0.3, 0.4) is 0 Å².